The Morgan fingerprint density at radius 1 is 1.52 bits per heavy atom. The van der Waals surface area contributed by atoms with Crippen LogP contribution in [0, 0.1) is 5.92 Å². The van der Waals surface area contributed by atoms with Gasteiger partial charge in [-0.25, -0.2) is 0 Å². The topological polar surface area (TPSA) is 59.6 Å². The molecule has 0 radical (unpaired) electrons. The molecule has 0 spiro atoms. The molecule has 1 aromatic rings. The van der Waals surface area contributed by atoms with Crippen LogP contribution in [0.3, 0.4) is 0 Å². The Morgan fingerprint density at radius 2 is 2.39 bits per heavy atom. The van der Waals surface area contributed by atoms with E-state index in [0.29, 0.717) is 24.1 Å². The van der Waals surface area contributed by atoms with Crippen LogP contribution in [0.4, 0.5) is 0 Å². The van der Waals surface area contributed by atoms with Crippen LogP contribution in [0.2, 0.25) is 5.02 Å². The normalized spacial score (nSPS) is 19.3. The molecule has 6 heteroatoms. The van der Waals surface area contributed by atoms with Gasteiger partial charge in [-0.3, -0.25) is 4.79 Å². The lowest BCUT2D eigenvalue weighted by Crippen LogP contribution is -2.36. The molecule has 0 aromatic heterocycles. The summed E-state index contributed by atoms with van der Waals surface area (Å²) in [6.45, 7) is 2.96. The number of piperidine rings is 1. The first kappa shape index (κ1) is 18.2. The van der Waals surface area contributed by atoms with E-state index >= 15 is 0 Å². The van der Waals surface area contributed by atoms with Gasteiger partial charge in [0.1, 0.15) is 6.61 Å². The molecule has 5 nitrogen and oxygen atoms in total. The number of halogens is 1. The van der Waals surface area contributed by atoms with E-state index in [-0.39, 0.29) is 18.6 Å². The summed E-state index contributed by atoms with van der Waals surface area (Å²) in [6.07, 6.45) is 2.07. The van der Waals surface area contributed by atoms with Crippen LogP contribution in [0.5, 0.6) is 0 Å². The van der Waals surface area contributed by atoms with Crippen LogP contribution in [-0.4, -0.2) is 45.9 Å². The van der Waals surface area contributed by atoms with Crippen molar-refractivity contribution in [1.82, 2.24) is 10.6 Å². The summed E-state index contributed by atoms with van der Waals surface area (Å²) in [4.78, 5) is 11.9. The third kappa shape index (κ3) is 6.11. The van der Waals surface area contributed by atoms with Crippen molar-refractivity contribution in [2.75, 3.05) is 40.0 Å². The molecular weight excluding hydrogens is 316 g/mol. The molecule has 1 saturated heterocycles. The van der Waals surface area contributed by atoms with Gasteiger partial charge in [-0.2, -0.15) is 0 Å². The summed E-state index contributed by atoms with van der Waals surface area (Å²) in [5.74, 6) is 0.215. The van der Waals surface area contributed by atoms with Crippen molar-refractivity contribution >= 4 is 17.5 Å². The fourth-order valence-corrected chi connectivity index (χ4v) is 3.03. The highest BCUT2D eigenvalue weighted by Crippen LogP contribution is 2.31. The van der Waals surface area contributed by atoms with E-state index in [9.17, 15) is 4.79 Å². The molecule has 2 rings (SSSR count). The zero-order valence-electron chi connectivity index (χ0n) is 13.5. The van der Waals surface area contributed by atoms with Gasteiger partial charge in [-0.15, -0.1) is 0 Å². The van der Waals surface area contributed by atoms with Crippen LogP contribution in [0.1, 0.15) is 24.5 Å². The number of benzene rings is 1. The predicted octanol–water partition coefficient (Wildman–Crippen LogP) is 2.16. The second-order valence-corrected chi connectivity index (χ2v) is 6.17. The van der Waals surface area contributed by atoms with Gasteiger partial charge < -0.3 is 20.1 Å². The average Bonchev–Trinajstić information content (AvgIpc) is 2.56. The number of carbonyl (C=O) groups excluding carboxylic acids is 1. The monoisotopic (exact) mass is 340 g/mol. The van der Waals surface area contributed by atoms with Crippen molar-refractivity contribution in [3.8, 4) is 0 Å². The lowest BCUT2D eigenvalue weighted by atomic mass is 9.89. The molecular formula is C17H25ClN2O3. The van der Waals surface area contributed by atoms with Gasteiger partial charge in [-0.05, 0) is 37.1 Å². The molecule has 128 valence electrons. The summed E-state index contributed by atoms with van der Waals surface area (Å²) in [5, 5.41) is 6.86. The number of ether oxygens (including phenoxy) is 2. The SMILES string of the molecule is COCCNC(=O)COC(c1cccc(Cl)c1)C1CCCNC1. The first-order valence-corrected chi connectivity index (χ1v) is 8.42. The van der Waals surface area contributed by atoms with Gasteiger partial charge in [0.15, 0.2) is 0 Å². The predicted molar refractivity (Wildman–Crippen MR) is 90.6 cm³/mol. The largest absolute Gasteiger partial charge is 0.383 e. The van der Waals surface area contributed by atoms with Crippen molar-refractivity contribution in [3.05, 3.63) is 34.9 Å². The Morgan fingerprint density at radius 3 is 3.09 bits per heavy atom. The van der Waals surface area contributed by atoms with Gasteiger partial charge >= 0.3 is 0 Å². The molecule has 1 amide bonds. The number of nitrogens with one attached hydrogen (secondary N) is 2. The van der Waals surface area contributed by atoms with Crippen LogP contribution >= 0.6 is 11.6 Å². The second-order valence-electron chi connectivity index (χ2n) is 5.74. The third-order valence-electron chi connectivity index (χ3n) is 3.96. The van der Waals surface area contributed by atoms with Gasteiger partial charge in [0, 0.05) is 31.1 Å². The maximum atomic E-state index is 11.9. The lowest BCUT2D eigenvalue weighted by molar-refractivity contribution is -0.129. The standard InChI is InChI=1S/C17H25ClN2O3/c1-22-9-8-20-16(21)12-23-17(14-5-3-7-19-11-14)13-4-2-6-15(18)10-13/h2,4,6,10,14,17,19H,3,5,7-9,11-12H2,1H3,(H,20,21). The minimum Gasteiger partial charge on any atom is -0.383 e. The fourth-order valence-electron chi connectivity index (χ4n) is 2.83. The van der Waals surface area contributed by atoms with E-state index in [0.717, 1.165) is 31.5 Å². The van der Waals surface area contributed by atoms with Gasteiger partial charge in [0.25, 0.3) is 0 Å². The highest BCUT2D eigenvalue weighted by molar-refractivity contribution is 6.30. The number of hydrogen-bond acceptors (Lipinski definition) is 4. The summed E-state index contributed by atoms with van der Waals surface area (Å²) in [7, 11) is 1.61. The Kier molecular flexibility index (Phi) is 7.82. The molecule has 1 aliphatic heterocycles. The molecule has 1 aliphatic rings. The van der Waals surface area contributed by atoms with Crippen molar-refractivity contribution in [3.63, 3.8) is 0 Å². The summed E-state index contributed by atoms with van der Waals surface area (Å²) < 4.78 is 10.9. The summed E-state index contributed by atoms with van der Waals surface area (Å²) >= 11 is 6.11. The van der Waals surface area contributed by atoms with E-state index in [2.05, 4.69) is 10.6 Å². The fraction of sp³-hybridized carbons (Fsp3) is 0.588. The smallest absolute Gasteiger partial charge is 0.246 e. The molecule has 23 heavy (non-hydrogen) atoms. The first-order chi connectivity index (χ1) is 11.2. The quantitative estimate of drug-likeness (QED) is 0.712. The number of rotatable bonds is 8. The van der Waals surface area contributed by atoms with E-state index in [1.807, 2.05) is 24.3 Å². The zero-order chi connectivity index (χ0) is 16.5. The van der Waals surface area contributed by atoms with Crippen LogP contribution < -0.4 is 10.6 Å². The number of amides is 1. The highest BCUT2D eigenvalue weighted by Gasteiger charge is 2.26. The third-order valence-corrected chi connectivity index (χ3v) is 4.20. The molecule has 2 unspecified atom stereocenters. The van der Waals surface area contributed by atoms with E-state index in [1.54, 1.807) is 7.11 Å². The molecule has 1 fully saturated rings. The molecule has 0 bridgehead atoms. The van der Waals surface area contributed by atoms with Crippen molar-refractivity contribution in [1.29, 1.82) is 0 Å². The minimum atomic E-state index is -0.130. The van der Waals surface area contributed by atoms with Crippen LogP contribution in [-0.2, 0) is 14.3 Å². The van der Waals surface area contributed by atoms with Crippen molar-refractivity contribution < 1.29 is 14.3 Å². The number of methoxy groups -OCH3 is 1. The van der Waals surface area contributed by atoms with Gasteiger partial charge in [0.05, 0.1) is 12.7 Å². The van der Waals surface area contributed by atoms with Crippen molar-refractivity contribution in [2.24, 2.45) is 5.92 Å². The van der Waals surface area contributed by atoms with E-state index < -0.39 is 0 Å². The number of hydrogen-bond donors (Lipinski definition) is 2. The van der Waals surface area contributed by atoms with Crippen LogP contribution in [0.25, 0.3) is 0 Å². The molecule has 2 atom stereocenters. The number of carbonyl (C=O) groups is 1. The Hall–Kier alpha value is -1.14. The minimum absolute atomic E-state index is 0.0391. The molecule has 1 aromatic carbocycles. The lowest BCUT2D eigenvalue weighted by Gasteiger charge is -2.31. The first-order valence-electron chi connectivity index (χ1n) is 8.04. The average molecular weight is 341 g/mol. The summed E-state index contributed by atoms with van der Waals surface area (Å²) in [5.41, 5.74) is 1.02. The van der Waals surface area contributed by atoms with Gasteiger partial charge in [-0.1, -0.05) is 23.7 Å². The molecule has 0 aliphatic carbocycles. The Labute approximate surface area is 142 Å². The van der Waals surface area contributed by atoms with Crippen LogP contribution in [0.15, 0.2) is 24.3 Å². The molecule has 0 saturated carbocycles. The molecule has 2 N–H and O–H groups in total. The maximum absolute atomic E-state index is 11.9. The van der Waals surface area contributed by atoms with E-state index in [1.165, 1.54) is 0 Å². The zero-order valence-corrected chi connectivity index (χ0v) is 14.3. The van der Waals surface area contributed by atoms with E-state index in [4.69, 9.17) is 21.1 Å². The van der Waals surface area contributed by atoms with Crippen molar-refractivity contribution in [2.45, 2.75) is 18.9 Å². The summed E-state index contributed by atoms with van der Waals surface area (Å²) in [6, 6.07) is 7.69. The highest BCUT2D eigenvalue weighted by atomic mass is 35.5. The van der Waals surface area contributed by atoms with Gasteiger partial charge in [0.2, 0.25) is 5.91 Å². The molecule has 1 heterocycles. The second kappa shape index (κ2) is 9.88. The Balaban J connectivity index is 1.97. The Bertz CT molecular complexity index is 492. The maximum Gasteiger partial charge on any atom is 0.246 e.